The summed E-state index contributed by atoms with van der Waals surface area (Å²) in [6.45, 7) is 0.132. The summed E-state index contributed by atoms with van der Waals surface area (Å²) in [6.07, 6.45) is -2.03. The first-order valence-electron chi connectivity index (χ1n) is 5.98. The number of primary amides is 1. The number of nitrogens with zero attached hydrogens (tertiary/aromatic N) is 1. The van der Waals surface area contributed by atoms with Gasteiger partial charge in [0.2, 0.25) is 5.91 Å². The molecule has 12 nitrogen and oxygen atoms in total. The zero-order valence-electron chi connectivity index (χ0n) is 11.5. The Bertz CT molecular complexity index is 465. The van der Waals surface area contributed by atoms with Crippen LogP contribution in [0, 0.1) is 0 Å². The summed E-state index contributed by atoms with van der Waals surface area (Å²) < 4.78 is 21.9. The van der Waals surface area contributed by atoms with Crippen LogP contribution in [-0.2, 0) is 13.9 Å². The lowest BCUT2D eigenvalue weighted by molar-refractivity contribution is -0.131. The van der Waals surface area contributed by atoms with Crippen LogP contribution in [0.2, 0.25) is 0 Å². The molecular formula is C8H20N4O8P2. The van der Waals surface area contributed by atoms with Crippen molar-refractivity contribution in [3.8, 4) is 0 Å². The van der Waals surface area contributed by atoms with Crippen LogP contribution >= 0.6 is 15.2 Å². The van der Waals surface area contributed by atoms with Gasteiger partial charge in [-0.15, -0.1) is 0 Å². The summed E-state index contributed by atoms with van der Waals surface area (Å²) in [7, 11) is -9.43. The van der Waals surface area contributed by atoms with Crippen LogP contribution in [-0.4, -0.2) is 61.6 Å². The van der Waals surface area contributed by atoms with Gasteiger partial charge in [-0.25, -0.2) is 4.79 Å². The summed E-state index contributed by atoms with van der Waals surface area (Å²) in [5.74, 6) is -1.01. The molecule has 0 aliphatic rings. The van der Waals surface area contributed by atoms with E-state index >= 15 is 0 Å². The number of nitrogens with two attached hydrogens (primary N) is 2. The number of nitrogens with one attached hydrogen (secondary N) is 1. The Balaban J connectivity index is 4.69. The van der Waals surface area contributed by atoms with Crippen molar-refractivity contribution in [2.24, 2.45) is 11.5 Å². The van der Waals surface area contributed by atoms with E-state index in [4.69, 9.17) is 31.0 Å². The molecule has 0 saturated carbocycles. The first kappa shape index (κ1) is 21.0. The Kier molecular flexibility index (Phi) is 8.19. The third-order valence-corrected chi connectivity index (χ3v) is 3.75. The molecule has 0 aliphatic carbocycles. The van der Waals surface area contributed by atoms with Crippen molar-refractivity contribution in [2.45, 2.75) is 18.9 Å². The van der Waals surface area contributed by atoms with Gasteiger partial charge in [0.1, 0.15) is 12.6 Å². The maximum Gasteiger partial charge on any atom is 0.344 e. The van der Waals surface area contributed by atoms with Gasteiger partial charge in [-0.2, -0.15) is 0 Å². The predicted molar refractivity (Wildman–Crippen MR) is 75.5 cm³/mol. The summed E-state index contributed by atoms with van der Waals surface area (Å²) >= 11 is 0. The molecule has 0 aromatic heterocycles. The molecule has 0 rings (SSSR count). The third kappa shape index (κ3) is 10.7. The third-order valence-electron chi connectivity index (χ3n) is 2.33. The van der Waals surface area contributed by atoms with Crippen LogP contribution in [0.15, 0.2) is 0 Å². The lowest BCUT2D eigenvalue weighted by atomic mass is 10.1. The van der Waals surface area contributed by atoms with E-state index in [2.05, 4.69) is 5.32 Å². The first-order chi connectivity index (χ1) is 9.82. The molecule has 3 amide bonds. The number of amides is 3. The number of carbonyl (C=O) groups is 2. The minimum absolute atomic E-state index is 0.0257. The van der Waals surface area contributed by atoms with Crippen molar-refractivity contribution in [2.75, 3.05) is 19.1 Å². The maximum absolute atomic E-state index is 11.9. The minimum atomic E-state index is -4.71. The molecule has 9 N–H and O–H groups in total. The standard InChI is InChI=1S/C8H20N4O8P2/c9-6(2-1-3-11-8(10)14)7(13)12(4-21(15,16)17)5-22(18,19)20/h6H,1-5,9H2,(H3,10,11,14)(H2,15,16,17)(H2,18,19,20)/t6-/m0/s1. The van der Waals surface area contributed by atoms with Gasteiger partial charge in [0.25, 0.3) is 0 Å². The summed E-state index contributed by atoms with van der Waals surface area (Å²) in [5.41, 5.74) is 10.4. The van der Waals surface area contributed by atoms with E-state index < -0.39 is 45.7 Å². The van der Waals surface area contributed by atoms with Gasteiger partial charge >= 0.3 is 21.2 Å². The monoisotopic (exact) mass is 362 g/mol. The van der Waals surface area contributed by atoms with Crippen molar-refractivity contribution in [1.29, 1.82) is 0 Å². The van der Waals surface area contributed by atoms with Crippen molar-refractivity contribution >= 4 is 27.1 Å². The minimum Gasteiger partial charge on any atom is -0.352 e. The second kappa shape index (κ2) is 8.59. The zero-order chi connectivity index (χ0) is 17.6. The van der Waals surface area contributed by atoms with E-state index in [1.54, 1.807) is 0 Å². The smallest absolute Gasteiger partial charge is 0.344 e. The van der Waals surface area contributed by atoms with Crippen LogP contribution in [0.3, 0.4) is 0 Å². The molecule has 0 aromatic carbocycles. The number of urea groups is 1. The second-order valence-corrected chi connectivity index (χ2v) is 7.75. The molecule has 0 saturated heterocycles. The Morgan fingerprint density at radius 1 is 1.09 bits per heavy atom. The van der Waals surface area contributed by atoms with Crippen LogP contribution in [0.1, 0.15) is 12.8 Å². The molecule has 1 atom stereocenters. The molecule has 0 fully saturated rings. The Morgan fingerprint density at radius 3 is 1.91 bits per heavy atom. The average molecular weight is 362 g/mol. The fourth-order valence-corrected chi connectivity index (χ4v) is 3.05. The number of hydrogen-bond donors (Lipinski definition) is 7. The second-order valence-electron chi connectivity index (χ2n) is 4.53. The van der Waals surface area contributed by atoms with Crippen LogP contribution in [0.25, 0.3) is 0 Å². The van der Waals surface area contributed by atoms with Crippen molar-refractivity contribution in [3.05, 3.63) is 0 Å². The van der Waals surface area contributed by atoms with Gasteiger partial charge in [0, 0.05) is 6.54 Å². The molecule has 0 heterocycles. The van der Waals surface area contributed by atoms with E-state index in [-0.39, 0.29) is 19.4 Å². The van der Waals surface area contributed by atoms with Crippen molar-refractivity contribution in [1.82, 2.24) is 10.2 Å². The molecule has 0 radical (unpaired) electrons. The molecule has 0 spiro atoms. The van der Waals surface area contributed by atoms with E-state index in [1.807, 2.05) is 0 Å². The lowest BCUT2D eigenvalue weighted by Gasteiger charge is -2.26. The first-order valence-corrected chi connectivity index (χ1v) is 9.58. The van der Waals surface area contributed by atoms with E-state index in [1.165, 1.54) is 0 Å². The van der Waals surface area contributed by atoms with Gasteiger partial charge in [-0.05, 0) is 12.8 Å². The van der Waals surface area contributed by atoms with Crippen LogP contribution in [0.5, 0.6) is 0 Å². The fraction of sp³-hybridized carbons (Fsp3) is 0.750. The topological polar surface area (TPSA) is 217 Å². The van der Waals surface area contributed by atoms with Crippen molar-refractivity contribution < 1.29 is 38.3 Å². The largest absolute Gasteiger partial charge is 0.352 e. The average Bonchev–Trinajstić information content (AvgIpc) is 2.28. The van der Waals surface area contributed by atoms with E-state index in [0.717, 1.165) is 0 Å². The van der Waals surface area contributed by atoms with Crippen molar-refractivity contribution in [3.63, 3.8) is 0 Å². The zero-order valence-corrected chi connectivity index (χ0v) is 13.3. The Labute approximate surface area is 126 Å². The fourth-order valence-electron chi connectivity index (χ4n) is 1.52. The highest BCUT2D eigenvalue weighted by Gasteiger charge is 2.31. The van der Waals surface area contributed by atoms with E-state index in [0.29, 0.717) is 4.90 Å². The van der Waals surface area contributed by atoms with Gasteiger partial charge < -0.3 is 41.3 Å². The number of rotatable bonds is 9. The highest BCUT2D eigenvalue weighted by Crippen LogP contribution is 2.41. The Hall–Kier alpha value is -1.00. The highest BCUT2D eigenvalue weighted by atomic mass is 31.2. The van der Waals surface area contributed by atoms with Crippen LogP contribution < -0.4 is 16.8 Å². The molecule has 130 valence electrons. The molecule has 0 bridgehead atoms. The van der Waals surface area contributed by atoms with Gasteiger partial charge in [-0.3, -0.25) is 13.9 Å². The SMILES string of the molecule is NC(=O)NCCC[C@H](N)C(=O)N(CP(=O)(O)O)CP(=O)(O)O. The molecular weight excluding hydrogens is 342 g/mol. The number of hydrogen-bond acceptors (Lipinski definition) is 5. The van der Waals surface area contributed by atoms with Crippen LogP contribution in [0.4, 0.5) is 4.79 Å². The maximum atomic E-state index is 11.9. The molecule has 0 aromatic rings. The Morgan fingerprint density at radius 2 is 1.55 bits per heavy atom. The number of carbonyl (C=O) groups excluding carboxylic acids is 2. The normalized spacial score (nSPS) is 13.5. The summed E-state index contributed by atoms with van der Waals surface area (Å²) in [5, 5.41) is 2.25. The predicted octanol–water partition coefficient (Wildman–Crippen LogP) is -2.14. The molecule has 0 unspecified atom stereocenters. The highest BCUT2D eigenvalue weighted by molar-refractivity contribution is 7.52. The van der Waals surface area contributed by atoms with E-state index in [9.17, 15) is 18.7 Å². The quantitative estimate of drug-likeness (QED) is 0.176. The molecule has 14 heteroatoms. The van der Waals surface area contributed by atoms with Gasteiger partial charge in [0.15, 0.2) is 0 Å². The molecule has 22 heavy (non-hydrogen) atoms. The lowest BCUT2D eigenvalue weighted by Crippen LogP contribution is -2.45. The summed E-state index contributed by atoms with van der Waals surface area (Å²) in [6, 6.07) is -1.99. The summed E-state index contributed by atoms with van der Waals surface area (Å²) in [4.78, 5) is 58.1. The van der Waals surface area contributed by atoms with Gasteiger partial charge in [0.05, 0.1) is 6.04 Å². The van der Waals surface area contributed by atoms with Gasteiger partial charge in [-0.1, -0.05) is 0 Å². The molecule has 0 aliphatic heterocycles.